The molecule has 0 aromatic heterocycles. The Morgan fingerprint density at radius 1 is 0.848 bits per heavy atom. The Hall–Kier alpha value is -2.60. The zero-order chi connectivity index (χ0) is 25.6. The Balaban J connectivity index is 4.68. The number of carboxylic acids is 4. The lowest BCUT2D eigenvalue weighted by Crippen LogP contribution is -2.54. The molecule has 0 unspecified atom stereocenters. The molecule has 33 heavy (non-hydrogen) atoms. The number of nitrogens with two attached hydrogens (primary N) is 1. The second kappa shape index (κ2) is 16.1. The highest BCUT2D eigenvalue weighted by molar-refractivity contribution is 7.99. The number of nitrogens with one attached hydrogen (secondary N) is 4. The van der Waals surface area contributed by atoms with E-state index in [1.165, 1.54) is 0 Å². The molecule has 0 saturated carbocycles. The molecule has 0 rings (SSSR count). The number of carbonyl (C=O) groups excluding carboxylic acids is 2. The van der Waals surface area contributed by atoms with Crippen LogP contribution in [0.4, 0.5) is 0 Å². The number of hydrogen-bond acceptors (Lipinski definition) is 11. The van der Waals surface area contributed by atoms with E-state index in [0.717, 1.165) is 11.8 Å². The van der Waals surface area contributed by atoms with E-state index in [2.05, 4.69) is 34.1 Å². The van der Waals surface area contributed by atoms with Crippen molar-refractivity contribution in [2.24, 2.45) is 5.73 Å². The summed E-state index contributed by atoms with van der Waals surface area (Å²) in [6, 6.07) is -4.98. The van der Waals surface area contributed by atoms with E-state index >= 15 is 0 Å². The summed E-state index contributed by atoms with van der Waals surface area (Å²) >= 11 is 4.84. The second-order valence-corrected chi connectivity index (χ2v) is 7.95. The van der Waals surface area contributed by atoms with Crippen LogP contribution in [0.15, 0.2) is 0 Å². The van der Waals surface area contributed by atoms with Crippen LogP contribution < -0.4 is 27.2 Å². The van der Waals surface area contributed by atoms with Gasteiger partial charge in [0, 0.05) is 23.7 Å². The summed E-state index contributed by atoms with van der Waals surface area (Å²) in [5.74, 6) is -7.04. The summed E-state index contributed by atoms with van der Waals surface area (Å²) in [6.07, 6.45) is -0.643. The molecular formula is C16H27N5O10S2. The molecular weight excluding hydrogens is 486 g/mol. The fourth-order valence-corrected chi connectivity index (χ4v) is 3.29. The minimum absolute atomic E-state index is 0.0598. The molecule has 0 spiro atoms. The maximum atomic E-state index is 12.0. The summed E-state index contributed by atoms with van der Waals surface area (Å²) in [5.41, 5.74) is 9.96. The summed E-state index contributed by atoms with van der Waals surface area (Å²) < 4.78 is 0. The van der Waals surface area contributed by atoms with Crippen molar-refractivity contribution in [1.82, 2.24) is 21.5 Å². The van der Waals surface area contributed by atoms with E-state index in [0.29, 0.717) is 0 Å². The van der Waals surface area contributed by atoms with Crippen LogP contribution in [0.5, 0.6) is 0 Å². The van der Waals surface area contributed by atoms with Gasteiger partial charge in [-0.3, -0.25) is 28.8 Å². The first kappa shape index (κ1) is 30.4. The van der Waals surface area contributed by atoms with Crippen LogP contribution in [0, 0.1) is 0 Å². The van der Waals surface area contributed by atoms with Crippen molar-refractivity contribution in [2.45, 2.75) is 37.0 Å². The van der Waals surface area contributed by atoms with Gasteiger partial charge in [-0.25, -0.2) is 10.9 Å². The lowest BCUT2D eigenvalue weighted by Gasteiger charge is -2.20. The van der Waals surface area contributed by atoms with E-state index in [-0.39, 0.29) is 30.1 Å². The van der Waals surface area contributed by atoms with Crippen molar-refractivity contribution in [3.63, 3.8) is 0 Å². The molecule has 4 atom stereocenters. The molecule has 0 bridgehead atoms. The van der Waals surface area contributed by atoms with Crippen LogP contribution in [0.2, 0.25) is 0 Å². The van der Waals surface area contributed by atoms with Crippen molar-refractivity contribution in [1.29, 1.82) is 0 Å². The summed E-state index contributed by atoms with van der Waals surface area (Å²) in [4.78, 5) is 67.8. The number of hydrogen-bond donors (Lipinski definition) is 10. The van der Waals surface area contributed by atoms with Crippen molar-refractivity contribution in [3.05, 3.63) is 0 Å². The van der Waals surface area contributed by atoms with Crippen molar-refractivity contribution in [3.8, 4) is 0 Å². The van der Waals surface area contributed by atoms with Crippen LogP contribution in [0.1, 0.15) is 12.8 Å². The molecule has 0 aliphatic heterocycles. The van der Waals surface area contributed by atoms with Gasteiger partial charge in [0.05, 0.1) is 0 Å². The topological polar surface area (TPSA) is 257 Å². The van der Waals surface area contributed by atoms with Gasteiger partial charge in [0.1, 0.15) is 30.7 Å². The largest absolute Gasteiger partial charge is 0.480 e. The summed E-state index contributed by atoms with van der Waals surface area (Å²) in [7, 11) is 0. The van der Waals surface area contributed by atoms with Gasteiger partial charge >= 0.3 is 23.9 Å². The van der Waals surface area contributed by atoms with Crippen molar-refractivity contribution >= 4 is 60.1 Å². The van der Waals surface area contributed by atoms with Gasteiger partial charge in [0.25, 0.3) is 0 Å². The smallest absolute Gasteiger partial charge is 0.322 e. The number of thiol groups is 1. The Morgan fingerprint density at radius 3 is 1.91 bits per heavy atom. The van der Waals surface area contributed by atoms with Crippen LogP contribution in [0.3, 0.4) is 0 Å². The Bertz CT molecular complexity index is 726. The third-order valence-corrected chi connectivity index (χ3v) is 5.36. The lowest BCUT2D eigenvalue weighted by atomic mass is 10.1. The molecule has 0 aromatic carbocycles. The maximum absolute atomic E-state index is 12.0. The van der Waals surface area contributed by atoms with E-state index in [9.17, 15) is 39.0 Å². The Kier molecular flexibility index (Phi) is 14.8. The molecule has 0 aliphatic rings. The molecule has 17 heteroatoms. The van der Waals surface area contributed by atoms with E-state index in [4.69, 9.17) is 15.9 Å². The van der Waals surface area contributed by atoms with Crippen molar-refractivity contribution in [2.75, 3.05) is 23.8 Å². The first-order valence-electron chi connectivity index (χ1n) is 9.31. The number of carbonyl (C=O) groups is 6. The first-order chi connectivity index (χ1) is 15.4. The van der Waals surface area contributed by atoms with E-state index < -0.39 is 66.4 Å². The molecule has 188 valence electrons. The molecule has 2 amide bonds. The van der Waals surface area contributed by atoms with Gasteiger partial charge in [-0.2, -0.15) is 24.4 Å². The number of hydrazine groups is 1. The van der Waals surface area contributed by atoms with Gasteiger partial charge in [0.15, 0.2) is 0 Å². The predicted octanol–water partition coefficient (Wildman–Crippen LogP) is -3.47. The normalized spacial score (nSPS) is 14.4. The minimum atomic E-state index is -1.38. The zero-order valence-corrected chi connectivity index (χ0v) is 18.9. The highest BCUT2D eigenvalue weighted by atomic mass is 32.2. The first-order valence-corrected chi connectivity index (χ1v) is 11.1. The number of aliphatic carboxylic acids is 4. The lowest BCUT2D eigenvalue weighted by molar-refractivity contribution is -0.143. The molecule has 10 N–H and O–H groups in total. The summed E-state index contributed by atoms with van der Waals surface area (Å²) in [6.45, 7) is -0.652. The van der Waals surface area contributed by atoms with Gasteiger partial charge in [-0.15, -0.1) is 0 Å². The minimum Gasteiger partial charge on any atom is -0.480 e. The average molecular weight is 514 g/mol. The van der Waals surface area contributed by atoms with Gasteiger partial charge in [-0.05, 0) is 6.42 Å². The zero-order valence-electron chi connectivity index (χ0n) is 17.2. The molecule has 15 nitrogen and oxygen atoms in total. The third kappa shape index (κ3) is 13.5. The quantitative estimate of drug-likeness (QED) is 0.0631. The predicted molar refractivity (Wildman–Crippen MR) is 118 cm³/mol. The number of carboxylic acid groups (broad SMARTS) is 4. The highest BCUT2D eigenvalue weighted by Gasteiger charge is 2.25. The van der Waals surface area contributed by atoms with Crippen LogP contribution in [-0.2, 0) is 28.8 Å². The number of thioether (sulfide) groups is 1. The van der Waals surface area contributed by atoms with Gasteiger partial charge < -0.3 is 36.8 Å². The molecule has 0 aromatic rings. The van der Waals surface area contributed by atoms with Crippen LogP contribution >= 0.6 is 24.4 Å². The Morgan fingerprint density at radius 2 is 1.42 bits per heavy atom. The Labute approximate surface area is 197 Å². The highest BCUT2D eigenvalue weighted by Crippen LogP contribution is 2.06. The van der Waals surface area contributed by atoms with Crippen LogP contribution in [-0.4, -0.2) is 104 Å². The van der Waals surface area contributed by atoms with Crippen LogP contribution in [0.25, 0.3) is 0 Å². The van der Waals surface area contributed by atoms with Gasteiger partial charge in [0.2, 0.25) is 11.8 Å². The van der Waals surface area contributed by atoms with E-state index in [1.54, 1.807) is 0 Å². The standard InChI is InChI=1S/C16H27N5O10S2/c17-7(14(26)27)5-33-6-10(16(30)31)21-20-8(15(28)29)1-2-11(22)19-9(4-32)13(25)18-3-12(23)24/h7-10,20-21,32H,1-6,17H2,(H,18,25)(H,19,22)(H,23,24)(H,26,27)(H,28,29)(H,30,31)/t7-,8-,9-,10-/m0/s1. The fourth-order valence-electron chi connectivity index (χ4n) is 2.04. The third-order valence-electron chi connectivity index (χ3n) is 3.84. The fraction of sp³-hybridized carbons (Fsp3) is 0.625. The molecule has 0 heterocycles. The van der Waals surface area contributed by atoms with Gasteiger partial charge in [-0.1, -0.05) is 0 Å². The monoisotopic (exact) mass is 513 g/mol. The molecule has 0 radical (unpaired) electrons. The maximum Gasteiger partial charge on any atom is 0.322 e. The SMILES string of the molecule is N[C@@H](CSC[C@H](NN[C@@H](CCC(=O)N[C@@H](CS)C(=O)NCC(=O)O)C(=O)O)C(=O)O)C(=O)O. The molecule has 0 fully saturated rings. The summed E-state index contributed by atoms with van der Waals surface area (Å²) in [5, 5.41) is 40.2. The van der Waals surface area contributed by atoms with Crippen molar-refractivity contribution < 1.29 is 49.2 Å². The number of amides is 2. The number of rotatable bonds is 18. The second-order valence-electron chi connectivity index (χ2n) is 6.51. The van der Waals surface area contributed by atoms with E-state index in [1.807, 2.05) is 0 Å². The molecule has 0 saturated heterocycles. The average Bonchev–Trinajstić information content (AvgIpc) is 2.73. The molecule has 0 aliphatic carbocycles.